The largest absolute Gasteiger partial charge is 0.374 e. The third-order valence-electron chi connectivity index (χ3n) is 6.72. The van der Waals surface area contributed by atoms with Crippen molar-refractivity contribution in [3.63, 3.8) is 0 Å². The Hall–Kier alpha value is -2.36. The van der Waals surface area contributed by atoms with Crippen LogP contribution >= 0.6 is 12.4 Å². The van der Waals surface area contributed by atoms with Gasteiger partial charge in [0.2, 0.25) is 17.7 Å². The molecule has 0 radical (unpaired) electrons. The number of imide groups is 1. The number of rotatable bonds is 6. The van der Waals surface area contributed by atoms with Crippen molar-refractivity contribution < 1.29 is 14.4 Å². The van der Waals surface area contributed by atoms with Crippen molar-refractivity contribution in [2.45, 2.75) is 44.2 Å². The Kier molecular flexibility index (Phi) is 8.94. The summed E-state index contributed by atoms with van der Waals surface area (Å²) >= 11 is 0. The number of carbonyl (C=O) groups excluding carboxylic acids is 3. The van der Waals surface area contributed by atoms with E-state index in [2.05, 4.69) is 32.6 Å². The lowest BCUT2D eigenvalue weighted by Crippen LogP contribution is -2.48. The number of hydrogen-bond donors (Lipinski definition) is 3. The highest BCUT2D eigenvalue weighted by Crippen LogP contribution is 2.21. The fourth-order valence-electron chi connectivity index (χ4n) is 4.59. The number of likely N-dealkylation sites (tertiary alicyclic amines) is 1. The Morgan fingerprint density at radius 3 is 2.30 bits per heavy atom. The topological polar surface area (TPSA) is 111 Å². The highest BCUT2D eigenvalue weighted by Gasteiger charge is 2.26. The third-order valence-corrected chi connectivity index (χ3v) is 6.72. The second-order valence-corrected chi connectivity index (χ2v) is 8.99. The van der Waals surface area contributed by atoms with Crippen LogP contribution in [-0.2, 0) is 14.4 Å². The van der Waals surface area contributed by atoms with Crippen molar-refractivity contribution >= 4 is 41.5 Å². The first-order chi connectivity index (χ1) is 15.5. The van der Waals surface area contributed by atoms with Crippen LogP contribution in [0.15, 0.2) is 24.3 Å². The Morgan fingerprint density at radius 1 is 1.00 bits per heavy atom. The van der Waals surface area contributed by atoms with E-state index >= 15 is 0 Å². The van der Waals surface area contributed by atoms with E-state index in [-0.39, 0.29) is 42.2 Å². The van der Waals surface area contributed by atoms with Crippen molar-refractivity contribution in [3.8, 4) is 0 Å². The molecule has 3 heterocycles. The van der Waals surface area contributed by atoms with Crippen LogP contribution in [0, 0.1) is 0 Å². The zero-order chi connectivity index (χ0) is 22.5. The van der Waals surface area contributed by atoms with Gasteiger partial charge in [-0.3, -0.25) is 24.6 Å². The molecule has 33 heavy (non-hydrogen) atoms. The molecular formula is C23H35ClN6O3. The molecule has 3 amide bonds. The summed E-state index contributed by atoms with van der Waals surface area (Å²) in [5, 5.41) is 5.58. The minimum Gasteiger partial charge on any atom is -0.374 e. The molecule has 182 valence electrons. The van der Waals surface area contributed by atoms with Gasteiger partial charge in [-0.05, 0) is 43.5 Å². The molecule has 0 spiro atoms. The lowest BCUT2D eigenvalue weighted by atomic mass is 10.1. The average molecular weight is 479 g/mol. The van der Waals surface area contributed by atoms with Gasteiger partial charge in [-0.15, -0.1) is 12.4 Å². The van der Waals surface area contributed by atoms with E-state index in [0.29, 0.717) is 19.3 Å². The second-order valence-electron chi connectivity index (χ2n) is 8.99. The average Bonchev–Trinajstić information content (AvgIpc) is 2.81. The number of piperidine rings is 2. The smallest absolute Gasteiger partial charge is 0.249 e. The number of nitrogens with one attached hydrogen (secondary N) is 2. The number of halogens is 1. The zero-order valence-corrected chi connectivity index (χ0v) is 19.8. The second kappa shape index (κ2) is 11.7. The van der Waals surface area contributed by atoms with Crippen molar-refractivity contribution in [2.24, 2.45) is 5.73 Å². The van der Waals surface area contributed by atoms with Gasteiger partial charge in [-0.2, -0.15) is 0 Å². The summed E-state index contributed by atoms with van der Waals surface area (Å²) < 4.78 is 0. The number of anilines is 2. The molecule has 4 N–H and O–H groups in total. The molecular weight excluding hydrogens is 444 g/mol. The van der Waals surface area contributed by atoms with Crippen molar-refractivity contribution in [3.05, 3.63) is 24.3 Å². The summed E-state index contributed by atoms with van der Waals surface area (Å²) in [6.07, 6.45) is 3.28. The highest BCUT2D eigenvalue weighted by molar-refractivity contribution is 6.01. The van der Waals surface area contributed by atoms with Crippen LogP contribution in [0.4, 0.5) is 11.4 Å². The number of nitrogens with zero attached hydrogens (tertiary/aromatic N) is 3. The van der Waals surface area contributed by atoms with Gasteiger partial charge in [-0.1, -0.05) is 0 Å². The van der Waals surface area contributed by atoms with Crippen molar-refractivity contribution in [2.75, 3.05) is 56.0 Å². The zero-order valence-electron chi connectivity index (χ0n) is 19.0. The minimum absolute atomic E-state index is 0. The van der Waals surface area contributed by atoms with Gasteiger partial charge >= 0.3 is 0 Å². The van der Waals surface area contributed by atoms with E-state index in [1.165, 1.54) is 0 Å². The Morgan fingerprint density at radius 2 is 1.67 bits per heavy atom. The maximum absolute atomic E-state index is 12.4. The predicted octanol–water partition coefficient (Wildman–Crippen LogP) is 0.787. The van der Waals surface area contributed by atoms with Crippen molar-refractivity contribution in [1.82, 2.24) is 15.1 Å². The summed E-state index contributed by atoms with van der Waals surface area (Å²) in [6, 6.07) is 7.97. The van der Waals surface area contributed by atoms with Gasteiger partial charge in [0.25, 0.3) is 0 Å². The molecule has 1 aromatic rings. The first-order valence-electron chi connectivity index (χ1n) is 11.7. The molecule has 1 unspecified atom stereocenters. The number of benzene rings is 1. The van der Waals surface area contributed by atoms with E-state index in [9.17, 15) is 14.4 Å². The molecule has 3 aliphatic rings. The van der Waals surface area contributed by atoms with Crippen LogP contribution in [0.25, 0.3) is 0 Å². The Bertz CT molecular complexity index is 820. The Balaban J connectivity index is 0.00000306. The van der Waals surface area contributed by atoms with E-state index in [0.717, 1.165) is 70.0 Å². The van der Waals surface area contributed by atoms with Gasteiger partial charge in [0.05, 0.1) is 0 Å². The van der Waals surface area contributed by atoms with E-state index in [4.69, 9.17) is 5.73 Å². The summed E-state index contributed by atoms with van der Waals surface area (Å²) in [5.41, 5.74) is 7.95. The first kappa shape index (κ1) is 25.3. The Labute approximate surface area is 201 Å². The van der Waals surface area contributed by atoms with Gasteiger partial charge in [0.15, 0.2) is 0 Å². The van der Waals surface area contributed by atoms with Crippen LogP contribution in [0.2, 0.25) is 0 Å². The summed E-state index contributed by atoms with van der Waals surface area (Å²) in [5.74, 6) is -0.217. The lowest BCUT2D eigenvalue weighted by molar-refractivity contribution is -0.134. The maximum atomic E-state index is 12.4. The molecule has 10 heteroatoms. The van der Waals surface area contributed by atoms with Crippen LogP contribution < -0.4 is 21.3 Å². The van der Waals surface area contributed by atoms with Gasteiger partial charge in [0, 0.05) is 76.1 Å². The molecule has 0 saturated carbocycles. The van der Waals surface area contributed by atoms with Gasteiger partial charge < -0.3 is 20.9 Å². The number of piperazine rings is 1. The van der Waals surface area contributed by atoms with Crippen molar-refractivity contribution in [1.29, 1.82) is 0 Å². The third kappa shape index (κ3) is 6.82. The number of hydrogen-bond acceptors (Lipinski definition) is 7. The maximum Gasteiger partial charge on any atom is 0.249 e. The van der Waals surface area contributed by atoms with Crippen LogP contribution in [-0.4, -0.2) is 85.4 Å². The summed E-state index contributed by atoms with van der Waals surface area (Å²) in [4.78, 5) is 42.3. The monoisotopic (exact) mass is 478 g/mol. The van der Waals surface area contributed by atoms with Crippen LogP contribution in [0.3, 0.4) is 0 Å². The predicted molar refractivity (Wildman–Crippen MR) is 131 cm³/mol. The molecule has 1 atom stereocenters. The molecule has 4 rings (SSSR count). The van der Waals surface area contributed by atoms with Gasteiger partial charge in [0.1, 0.15) is 6.04 Å². The van der Waals surface area contributed by atoms with Crippen LogP contribution in [0.5, 0.6) is 0 Å². The molecule has 1 aromatic carbocycles. The SMILES string of the molecule is Cl.NC1CCN(C(=O)CCN2CCN(c3ccc(NC4CCC(=O)NC4=O)cc3)CC2)CC1. The molecule has 3 aliphatic heterocycles. The molecule has 3 fully saturated rings. The molecule has 3 saturated heterocycles. The highest BCUT2D eigenvalue weighted by atomic mass is 35.5. The van der Waals surface area contributed by atoms with E-state index < -0.39 is 0 Å². The van der Waals surface area contributed by atoms with E-state index in [1.807, 2.05) is 17.0 Å². The normalized spacial score (nSPS) is 22.5. The molecule has 0 bridgehead atoms. The fraction of sp³-hybridized carbons (Fsp3) is 0.609. The fourth-order valence-corrected chi connectivity index (χ4v) is 4.59. The summed E-state index contributed by atoms with van der Waals surface area (Å²) in [7, 11) is 0. The minimum atomic E-state index is -0.369. The van der Waals surface area contributed by atoms with Gasteiger partial charge in [-0.25, -0.2) is 0 Å². The summed E-state index contributed by atoms with van der Waals surface area (Å²) in [6.45, 7) is 6.12. The lowest BCUT2D eigenvalue weighted by Gasteiger charge is -2.36. The van der Waals surface area contributed by atoms with Crippen LogP contribution in [0.1, 0.15) is 32.1 Å². The molecule has 0 aliphatic carbocycles. The quantitative estimate of drug-likeness (QED) is 0.518. The molecule has 9 nitrogen and oxygen atoms in total. The molecule has 0 aromatic heterocycles. The van der Waals surface area contributed by atoms with E-state index in [1.54, 1.807) is 0 Å². The number of nitrogens with two attached hydrogens (primary N) is 1. The number of carbonyl (C=O) groups is 3. The number of amides is 3. The standard InChI is InChI=1S/C23H34N6O3.ClH/c24-17-7-11-29(12-8-17)22(31)9-10-27-13-15-28(16-14-27)19-3-1-18(2-4-19)25-20-5-6-21(30)26-23(20)32;/h1-4,17,20,25H,5-16,24H2,(H,26,30,32);1H. The first-order valence-corrected chi connectivity index (χ1v) is 11.7.